The lowest BCUT2D eigenvalue weighted by Gasteiger charge is -2.27. The fourth-order valence-electron chi connectivity index (χ4n) is 3.81. The highest BCUT2D eigenvalue weighted by Gasteiger charge is 2.38. The van der Waals surface area contributed by atoms with Gasteiger partial charge < -0.3 is 20.6 Å². The monoisotopic (exact) mass is 511 g/mol. The molecule has 0 aromatic heterocycles. The molecule has 11 heteroatoms. The Balaban J connectivity index is 0.000000572. The van der Waals surface area contributed by atoms with Gasteiger partial charge in [0.2, 0.25) is 12.3 Å². The van der Waals surface area contributed by atoms with Crippen LogP contribution >= 0.6 is 0 Å². The summed E-state index contributed by atoms with van der Waals surface area (Å²) in [7, 11) is 3.64. The number of aliphatic carboxylic acids is 1. The maximum Gasteiger partial charge on any atom is 0.490 e. The van der Waals surface area contributed by atoms with Gasteiger partial charge >= 0.3 is 12.1 Å². The van der Waals surface area contributed by atoms with E-state index in [-0.39, 0.29) is 24.2 Å². The number of carbonyl (C=O) groups excluding carboxylic acids is 2. The van der Waals surface area contributed by atoms with Crippen molar-refractivity contribution in [2.24, 2.45) is 5.92 Å². The fourth-order valence-corrected chi connectivity index (χ4v) is 3.81. The van der Waals surface area contributed by atoms with Gasteiger partial charge in [-0.25, -0.2) is 9.18 Å². The van der Waals surface area contributed by atoms with E-state index in [9.17, 15) is 27.2 Å². The first-order valence-electron chi connectivity index (χ1n) is 11.3. The molecule has 2 aromatic rings. The summed E-state index contributed by atoms with van der Waals surface area (Å²) in [6, 6.07) is 12.9. The second kappa shape index (κ2) is 13.0. The van der Waals surface area contributed by atoms with Gasteiger partial charge in [-0.15, -0.1) is 0 Å². The number of anilines is 1. The molecule has 0 aliphatic heterocycles. The van der Waals surface area contributed by atoms with E-state index in [0.717, 1.165) is 48.9 Å². The Morgan fingerprint density at radius 3 is 2.11 bits per heavy atom. The fraction of sp³-hybridized carbons (Fsp3) is 0.400. The summed E-state index contributed by atoms with van der Waals surface area (Å²) >= 11 is 0. The van der Waals surface area contributed by atoms with Crippen molar-refractivity contribution in [2.75, 3.05) is 19.0 Å². The molecule has 0 bridgehead atoms. The SMILES string of the molecule is CNC1CCC(C(=O)NCc2cc(-c3ccc(N(C)C=O)cc3)ccc2F)CC1.O=C(O)C(F)(F)F. The van der Waals surface area contributed by atoms with Crippen LogP contribution in [-0.4, -0.2) is 49.7 Å². The van der Waals surface area contributed by atoms with Crippen LogP contribution in [0.1, 0.15) is 31.2 Å². The Labute approximate surface area is 206 Å². The molecule has 7 nitrogen and oxygen atoms in total. The van der Waals surface area contributed by atoms with Crippen LogP contribution in [0.3, 0.4) is 0 Å². The van der Waals surface area contributed by atoms with E-state index in [1.807, 2.05) is 31.3 Å². The summed E-state index contributed by atoms with van der Waals surface area (Å²) in [4.78, 5) is 33.7. The van der Waals surface area contributed by atoms with E-state index in [2.05, 4.69) is 10.6 Å². The smallest absolute Gasteiger partial charge is 0.475 e. The van der Waals surface area contributed by atoms with E-state index in [4.69, 9.17) is 9.90 Å². The third-order valence-electron chi connectivity index (χ3n) is 6.01. The standard InChI is InChI=1S/C23H28FN3O2.C2HF3O2/c1-25-20-8-3-17(4-9-20)23(29)26-14-19-13-18(7-12-22(19)24)16-5-10-21(11-6-16)27(2)15-28;3-2(4,5)1(6)7/h5-7,10-13,15,17,20,25H,3-4,8-9,14H2,1-2H3,(H,26,29);(H,6,7). The third kappa shape index (κ3) is 8.33. The number of carbonyl (C=O) groups is 3. The van der Waals surface area contributed by atoms with E-state index >= 15 is 0 Å². The quantitative estimate of drug-likeness (QED) is 0.384. The van der Waals surface area contributed by atoms with Crippen molar-refractivity contribution in [3.05, 3.63) is 53.8 Å². The lowest BCUT2D eigenvalue weighted by atomic mass is 9.85. The molecule has 2 amide bonds. The summed E-state index contributed by atoms with van der Waals surface area (Å²) < 4.78 is 46.0. The Hall–Kier alpha value is -3.47. The van der Waals surface area contributed by atoms with Crippen molar-refractivity contribution < 1.29 is 37.1 Å². The molecule has 36 heavy (non-hydrogen) atoms. The third-order valence-corrected chi connectivity index (χ3v) is 6.01. The number of nitrogens with one attached hydrogen (secondary N) is 2. The van der Waals surface area contributed by atoms with Gasteiger partial charge in [0, 0.05) is 36.8 Å². The van der Waals surface area contributed by atoms with E-state index in [1.54, 1.807) is 19.2 Å². The molecule has 3 rings (SSSR count). The number of carboxylic acid groups (broad SMARTS) is 1. The average Bonchev–Trinajstić information content (AvgIpc) is 2.87. The zero-order valence-corrected chi connectivity index (χ0v) is 19.9. The Morgan fingerprint density at radius 2 is 1.61 bits per heavy atom. The van der Waals surface area contributed by atoms with Gasteiger partial charge in [-0.2, -0.15) is 13.2 Å². The number of alkyl halides is 3. The normalized spacial score (nSPS) is 17.4. The highest BCUT2D eigenvalue weighted by molar-refractivity contribution is 5.79. The topological polar surface area (TPSA) is 98.7 Å². The minimum atomic E-state index is -5.08. The summed E-state index contributed by atoms with van der Waals surface area (Å²) in [5, 5.41) is 13.3. The highest BCUT2D eigenvalue weighted by Crippen LogP contribution is 2.26. The number of carboxylic acids is 1. The summed E-state index contributed by atoms with van der Waals surface area (Å²) in [6.45, 7) is 0.177. The molecule has 0 heterocycles. The Bertz CT molecular complexity index is 1040. The Kier molecular flexibility index (Phi) is 10.4. The van der Waals surface area contributed by atoms with Gasteiger partial charge in [-0.3, -0.25) is 9.59 Å². The van der Waals surface area contributed by atoms with Gasteiger partial charge in [-0.1, -0.05) is 18.2 Å². The lowest BCUT2D eigenvalue weighted by Crippen LogP contribution is -2.37. The predicted molar refractivity (Wildman–Crippen MR) is 127 cm³/mol. The second-order valence-corrected chi connectivity index (χ2v) is 8.43. The van der Waals surface area contributed by atoms with Gasteiger partial charge in [0.15, 0.2) is 0 Å². The van der Waals surface area contributed by atoms with Crippen LogP contribution in [0.15, 0.2) is 42.5 Å². The molecule has 3 N–H and O–H groups in total. The number of benzene rings is 2. The summed E-state index contributed by atoms with van der Waals surface area (Å²) in [5.74, 6) is -3.07. The number of amides is 2. The molecular weight excluding hydrogens is 482 g/mol. The van der Waals surface area contributed by atoms with Crippen molar-refractivity contribution in [3.63, 3.8) is 0 Å². The minimum Gasteiger partial charge on any atom is -0.475 e. The van der Waals surface area contributed by atoms with Crippen LogP contribution in [0, 0.1) is 11.7 Å². The molecule has 0 unspecified atom stereocenters. The molecule has 1 aliphatic carbocycles. The number of hydrogen-bond acceptors (Lipinski definition) is 4. The zero-order chi connectivity index (χ0) is 26.9. The average molecular weight is 512 g/mol. The second-order valence-electron chi connectivity index (χ2n) is 8.43. The van der Waals surface area contributed by atoms with Crippen molar-refractivity contribution in [1.82, 2.24) is 10.6 Å². The van der Waals surface area contributed by atoms with Crippen LogP contribution < -0.4 is 15.5 Å². The first-order chi connectivity index (χ1) is 17.0. The number of hydrogen-bond donors (Lipinski definition) is 3. The molecule has 0 saturated heterocycles. The molecule has 1 saturated carbocycles. The van der Waals surface area contributed by atoms with Crippen molar-refractivity contribution >= 4 is 24.0 Å². The maximum atomic E-state index is 14.3. The van der Waals surface area contributed by atoms with Gasteiger partial charge in [-0.05, 0) is 68.1 Å². The minimum absolute atomic E-state index is 0.00519. The van der Waals surface area contributed by atoms with Crippen molar-refractivity contribution in [1.29, 1.82) is 0 Å². The number of halogens is 4. The van der Waals surface area contributed by atoms with Crippen molar-refractivity contribution in [2.45, 2.75) is 44.4 Å². The Morgan fingerprint density at radius 1 is 1.06 bits per heavy atom. The predicted octanol–water partition coefficient (Wildman–Crippen LogP) is 4.11. The van der Waals surface area contributed by atoms with Crippen molar-refractivity contribution in [3.8, 4) is 11.1 Å². The molecular formula is C25H29F4N3O4. The summed E-state index contributed by atoms with van der Waals surface area (Å²) in [5.41, 5.74) is 3.04. The van der Waals surface area contributed by atoms with Gasteiger partial charge in [0.25, 0.3) is 0 Å². The molecule has 0 radical (unpaired) electrons. The van der Waals surface area contributed by atoms with Gasteiger partial charge in [0.05, 0.1) is 0 Å². The molecule has 1 fully saturated rings. The van der Waals surface area contributed by atoms with Crippen LogP contribution in [-0.2, 0) is 20.9 Å². The molecule has 1 aliphatic rings. The first-order valence-corrected chi connectivity index (χ1v) is 11.3. The largest absolute Gasteiger partial charge is 0.490 e. The molecule has 0 spiro atoms. The van der Waals surface area contributed by atoms with E-state index in [0.29, 0.717) is 11.6 Å². The number of nitrogens with zero attached hydrogens (tertiary/aromatic N) is 1. The number of rotatable bonds is 7. The molecule has 0 atom stereocenters. The van der Waals surface area contributed by atoms with Crippen LogP contribution in [0.2, 0.25) is 0 Å². The van der Waals surface area contributed by atoms with E-state index < -0.39 is 12.1 Å². The molecule has 196 valence electrons. The first kappa shape index (κ1) is 28.8. The maximum absolute atomic E-state index is 14.3. The molecule has 2 aromatic carbocycles. The van der Waals surface area contributed by atoms with Crippen LogP contribution in [0.25, 0.3) is 11.1 Å². The van der Waals surface area contributed by atoms with Gasteiger partial charge in [0.1, 0.15) is 5.82 Å². The van der Waals surface area contributed by atoms with E-state index in [1.165, 1.54) is 11.0 Å². The lowest BCUT2D eigenvalue weighted by molar-refractivity contribution is -0.192. The van der Waals surface area contributed by atoms with Crippen LogP contribution in [0.5, 0.6) is 0 Å². The summed E-state index contributed by atoms with van der Waals surface area (Å²) in [6.07, 6.45) is -0.622. The van der Waals surface area contributed by atoms with Crippen LogP contribution in [0.4, 0.5) is 23.2 Å². The highest BCUT2D eigenvalue weighted by atomic mass is 19.4. The zero-order valence-electron chi connectivity index (χ0n) is 19.9.